The highest BCUT2D eigenvalue weighted by molar-refractivity contribution is 6.43. The lowest BCUT2D eigenvalue weighted by Crippen LogP contribution is -2.18. The highest BCUT2D eigenvalue weighted by Gasteiger charge is 2.28. The number of benzene rings is 1. The lowest BCUT2D eigenvalue weighted by molar-refractivity contribution is -0.385. The van der Waals surface area contributed by atoms with E-state index in [4.69, 9.17) is 11.6 Å². The van der Waals surface area contributed by atoms with Crippen LogP contribution in [-0.2, 0) is 9.53 Å². The van der Waals surface area contributed by atoms with Crippen molar-refractivity contribution in [3.05, 3.63) is 38.9 Å². The second-order valence-electron chi connectivity index (χ2n) is 2.94. The van der Waals surface area contributed by atoms with Crippen LogP contribution in [0, 0.1) is 10.1 Å². The number of hydrogen-bond donors (Lipinski definition) is 0. The number of nitrogens with zero attached hydrogens (tertiary/aromatic N) is 1. The van der Waals surface area contributed by atoms with E-state index in [1.54, 1.807) is 0 Å². The van der Waals surface area contributed by atoms with Crippen LogP contribution in [0.1, 0.15) is 17.3 Å². The molecular formula is C10H8ClNO5. The van der Waals surface area contributed by atoms with Gasteiger partial charge in [0.1, 0.15) is 10.6 Å². The van der Waals surface area contributed by atoms with Crippen molar-refractivity contribution in [1.82, 2.24) is 0 Å². The lowest BCUT2D eigenvalue weighted by Gasteiger charge is -2.03. The molecule has 0 aliphatic rings. The summed E-state index contributed by atoms with van der Waals surface area (Å²) in [5.74, 6) is -2.22. The van der Waals surface area contributed by atoms with E-state index in [2.05, 4.69) is 4.74 Å². The standard InChI is InChI=1S/C10H8ClNO5/c1-2-17-10(14)9(13)6-4-3-5-7(11)8(6)12(15)16/h3-5H,2H2,1H3. The highest BCUT2D eigenvalue weighted by Crippen LogP contribution is 2.28. The highest BCUT2D eigenvalue weighted by atomic mass is 35.5. The number of nitro groups is 1. The van der Waals surface area contributed by atoms with Crippen LogP contribution >= 0.6 is 11.6 Å². The molecule has 0 aromatic heterocycles. The van der Waals surface area contributed by atoms with E-state index in [0.717, 1.165) is 6.07 Å². The molecule has 0 unspecified atom stereocenters. The van der Waals surface area contributed by atoms with Crippen molar-refractivity contribution in [3.8, 4) is 0 Å². The van der Waals surface area contributed by atoms with Crippen molar-refractivity contribution in [1.29, 1.82) is 0 Å². The van der Waals surface area contributed by atoms with E-state index >= 15 is 0 Å². The summed E-state index contributed by atoms with van der Waals surface area (Å²) in [5, 5.41) is 10.5. The number of para-hydroxylation sites is 1. The molecule has 1 aromatic carbocycles. The SMILES string of the molecule is CCOC(=O)C(=O)c1cccc(Cl)c1[N+](=O)[O-]. The number of halogens is 1. The van der Waals surface area contributed by atoms with Gasteiger partial charge in [0.25, 0.3) is 11.5 Å². The molecule has 0 N–H and O–H groups in total. The molecule has 0 aliphatic heterocycles. The summed E-state index contributed by atoms with van der Waals surface area (Å²) in [6, 6.07) is 3.77. The zero-order valence-electron chi connectivity index (χ0n) is 8.81. The molecule has 0 bridgehead atoms. The minimum Gasteiger partial charge on any atom is -0.460 e. The van der Waals surface area contributed by atoms with Crippen LogP contribution in [0.25, 0.3) is 0 Å². The van der Waals surface area contributed by atoms with Crippen LogP contribution in [0.4, 0.5) is 5.69 Å². The average Bonchev–Trinajstić information content (AvgIpc) is 2.27. The molecular weight excluding hydrogens is 250 g/mol. The van der Waals surface area contributed by atoms with Crippen molar-refractivity contribution in [2.45, 2.75) is 6.92 Å². The third kappa shape index (κ3) is 2.79. The maximum atomic E-state index is 11.6. The smallest absolute Gasteiger partial charge is 0.379 e. The lowest BCUT2D eigenvalue weighted by atomic mass is 10.1. The molecule has 0 heterocycles. The molecule has 1 rings (SSSR count). The van der Waals surface area contributed by atoms with Crippen LogP contribution in [0.3, 0.4) is 0 Å². The van der Waals surface area contributed by atoms with E-state index in [1.807, 2.05) is 0 Å². The third-order valence-corrected chi connectivity index (χ3v) is 2.18. The Labute approximate surface area is 101 Å². The largest absolute Gasteiger partial charge is 0.460 e. The normalized spacial score (nSPS) is 9.76. The summed E-state index contributed by atoms with van der Waals surface area (Å²) in [4.78, 5) is 32.7. The first-order valence-electron chi connectivity index (χ1n) is 4.63. The minimum absolute atomic E-state index is 0.0128. The Kier molecular flexibility index (Phi) is 4.17. The van der Waals surface area contributed by atoms with E-state index in [1.165, 1.54) is 19.1 Å². The zero-order valence-corrected chi connectivity index (χ0v) is 9.56. The summed E-state index contributed by atoms with van der Waals surface area (Å²) in [5.41, 5.74) is -0.965. The third-order valence-electron chi connectivity index (χ3n) is 1.87. The van der Waals surface area contributed by atoms with Crippen LogP contribution in [0.5, 0.6) is 0 Å². The van der Waals surface area contributed by atoms with Crippen molar-refractivity contribution < 1.29 is 19.2 Å². The van der Waals surface area contributed by atoms with Gasteiger partial charge in [-0.2, -0.15) is 0 Å². The number of ether oxygens (including phenoxy) is 1. The van der Waals surface area contributed by atoms with Gasteiger partial charge in [-0.25, -0.2) is 4.79 Å². The second-order valence-corrected chi connectivity index (χ2v) is 3.35. The predicted molar refractivity (Wildman–Crippen MR) is 59.1 cm³/mol. The fourth-order valence-corrected chi connectivity index (χ4v) is 1.43. The monoisotopic (exact) mass is 257 g/mol. The summed E-state index contributed by atoms with van der Waals surface area (Å²) in [7, 11) is 0. The minimum atomic E-state index is -1.14. The van der Waals surface area contributed by atoms with Crippen molar-refractivity contribution in [2.75, 3.05) is 6.61 Å². The fraction of sp³-hybridized carbons (Fsp3) is 0.200. The van der Waals surface area contributed by atoms with Crippen molar-refractivity contribution in [3.63, 3.8) is 0 Å². The quantitative estimate of drug-likeness (QED) is 0.271. The number of hydrogen-bond acceptors (Lipinski definition) is 5. The van der Waals surface area contributed by atoms with Crippen molar-refractivity contribution in [2.24, 2.45) is 0 Å². The van der Waals surface area contributed by atoms with Gasteiger partial charge in [0.05, 0.1) is 11.5 Å². The van der Waals surface area contributed by atoms with Crippen LogP contribution in [-0.4, -0.2) is 23.3 Å². The Balaban J connectivity index is 3.22. The molecule has 0 aliphatic carbocycles. The molecule has 0 atom stereocenters. The van der Waals surface area contributed by atoms with Gasteiger partial charge in [0.15, 0.2) is 0 Å². The van der Waals surface area contributed by atoms with Gasteiger partial charge < -0.3 is 4.74 Å². The average molecular weight is 258 g/mol. The predicted octanol–water partition coefficient (Wildman–Crippen LogP) is 1.99. The van der Waals surface area contributed by atoms with Crippen molar-refractivity contribution >= 4 is 29.0 Å². The van der Waals surface area contributed by atoms with Gasteiger partial charge in [-0.05, 0) is 19.1 Å². The number of rotatable bonds is 4. The van der Waals surface area contributed by atoms with Gasteiger partial charge in [0, 0.05) is 0 Å². The number of carbonyl (C=O) groups excluding carboxylic acids is 2. The Morgan fingerprint density at radius 1 is 1.47 bits per heavy atom. The van der Waals surface area contributed by atoms with Gasteiger partial charge in [-0.15, -0.1) is 0 Å². The van der Waals surface area contributed by atoms with E-state index in [-0.39, 0.29) is 17.2 Å². The van der Waals surface area contributed by atoms with E-state index < -0.39 is 22.4 Å². The maximum absolute atomic E-state index is 11.6. The summed E-state index contributed by atoms with van der Waals surface area (Å²) < 4.78 is 4.48. The first-order valence-corrected chi connectivity index (χ1v) is 5.01. The molecule has 17 heavy (non-hydrogen) atoms. The van der Waals surface area contributed by atoms with E-state index in [9.17, 15) is 19.7 Å². The molecule has 0 saturated carbocycles. The van der Waals surface area contributed by atoms with E-state index in [0.29, 0.717) is 0 Å². The molecule has 0 amide bonds. The molecule has 0 spiro atoms. The molecule has 0 radical (unpaired) electrons. The summed E-state index contributed by atoms with van der Waals surface area (Å²) in [6.07, 6.45) is 0. The Bertz CT molecular complexity index is 486. The number of Topliss-reactive ketones (excluding diaryl/α,β-unsaturated/α-hetero) is 1. The Morgan fingerprint density at radius 3 is 2.65 bits per heavy atom. The number of ketones is 1. The molecule has 0 fully saturated rings. The van der Waals surface area contributed by atoms with Gasteiger partial charge in [-0.3, -0.25) is 14.9 Å². The number of carbonyl (C=O) groups is 2. The molecule has 90 valence electrons. The Hall–Kier alpha value is -1.95. The molecule has 0 saturated heterocycles. The van der Waals surface area contributed by atoms with Crippen LogP contribution in [0.15, 0.2) is 18.2 Å². The second kappa shape index (κ2) is 5.40. The van der Waals surface area contributed by atoms with Crippen LogP contribution < -0.4 is 0 Å². The number of esters is 1. The fourth-order valence-electron chi connectivity index (χ4n) is 1.19. The molecule has 1 aromatic rings. The Morgan fingerprint density at radius 2 is 2.12 bits per heavy atom. The first kappa shape index (κ1) is 13.1. The number of nitro benzene ring substituents is 1. The summed E-state index contributed by atoms with van der Waals surface area (Å²) in [6.45, 7) is 1.54. The van der Waals surface area contributed by atoms with Gasteiger partial charge >= 0.3 is 5.97 Å². The van der Waals surface area contributed by atoms with Crippen LogP contribution in [0.2, 0.25) is 5.02 Å². The zero-order chi connectivity index (χ0) is 13.0. The molecule has 7 heteroatoms. The maximum Gasteiger partial charge on any atom is 0.379 e. The first-order chi connectivity index (χ1) is 7.99. The van der Waals surface area contributed by atoms with Gasteiger partial charge in [-0.1, -0.05) is 17.7 Å². The molecule has 6 nitrogen and oxygen atoms in total. The summed E-state index contributed by atoms with van der Waals surface area (Å²) >= 11 is 5.60. The van der Waals surface area contributed by atoms with Gasteiger partial charge in [0.2, 0.25) is 0 Å². The topological polar surface area (TPSA) is 86.5 Å².